The number of rotatable bonds is 11. The van der Waals surface area contributed by atoms with Crippen molar-refractivity contribution in [2.75, 3.05) is 32.8 Å². The molecule has 0 radical (unpaired) electrons. The Kier molecular flexibility index (Phi) is 9.69. The van der Waals surface area contributed by atoms with Crippen molar-refractivity contribution in [2.45, 2.75) is 13.8 Å². The Hall–Kier alpha value is -4.08. The molecule has 0 aliphatic heterocycles. The van der Waals surface area contributed by atoms with Crippen molar-refractivity contribution in [1.82, 2.24) is 5.43 Å². The Labute approximate surface area is 191 Å². The maximum atomic E-state index is 12.3. The van der Waals surface area contributed by atoms with Gasteiger partial charge < -0.3 is 24.3 Å². The highest BCUT2D eigenvalue weighted by molar-refractivity contribution is 6.06. The fourth-order valence-electron chi connectivity index (χ4n) is 2.53. The molecular weight excluding hydrogens is 430 g/mol. The second-order valence-electron chi connectivity index (χ2n) is 6.68. The smallest absolute Gasteiger partial charge is 0.344 e. The molecule has 0 spiro atoms. The zero-order valence-electron chi connectivity index (χ0n) is 18.9. The van der Waals surface area contributed by atoms with E-state index >= 15 is 0 Å². The summed E-state index contributed by atoms with van der Waals surface area (Å²) in [5, 5.41) is 6.55. The van der Waals surface area contributed by atoms with E-state index in [1.165, 1.54) is 20.2 Å². The minimum Gasteiger partial charge on any atom is -0.497 e. The van der Waals surface area contributed by atoms with E-state index in [1.54, 1.807) is 56.5 Å². The van der Waals surface area contributed by atoms with Crippen LogP contribution < -0.4 is 25.0 Å². The van der Waals surface area contributed by atoms with Crippen LogP contribution in [0.3, 0.4) is 0 Å². The van der Waals surface area contributed by atoms with E-state index in [9.17, 15) is 14.4 Å². The highest BCUT2D eigenvalue weighted by atomic mass is 16.6. The molecule has 0 heterocycles. The Balaban J connectivity index is 1.91. The summed E-state index contributed by atoms with van der Waals surface area (Å²) in [5.74, 6) is -1.12. The largest absolute Gasteiger partial charge is 0.497 e. The number of esters is 1. The number of amides is 2. The summed E-state index contributed by atoms with van der Waals surface area (Å²) in [4.78, 5) is 36.0. The van der Waals surface area contributed by atoms with E-state index in [0.29, 0.717) is 28.5 Å². The summed E-state index contributed by atoms with van der Waals surface area (Å²) in [5.41, 5.74) is 3.48. The van der Waals surface area contributed by atoms with Gasteiger partial charge in [0.25, 0.3) is 5.91 Å². The fraction of sp³-hybridized carbons (Fsp3) is 0.304. The normalized spacial score (nSPS) is 11.4. The molecule has 0 aromatic heterocycles. The third-order valence-electron chi connectivity index (χ3n) is 4.37. The molecule has 0 bridgehead atoms. The number of hydrazone groups is 1. The van der Waals surface area contributed by atoms with Gasteiger partial charge in [0.2, 0.25) is 5.91 Å². The van der Waals surface area contributed by atoms with Crippen molar-refractivity contribution < 1.29 is 33.3 Å². The summed E-state index contributed by atoms with van der Waals surface area (Å²) in [6.07, 6.45) is 1.39. The first kappa shape index (κ1) is 25.2. The van der Waals surface area contributed by atoms with Gasteiger partial charge in [-0.1, -0.05) is 0 Å². The summed E-state index contributed by atoms with van der Waals surface area (Å²) < 4.78 is 20.5. The van der Waals surface area contributed by atoms with Gasteiger partial charge in [0, 0.05) is 5.69 Å². The number of hydrogen-bond acceptors (Lipinski definition) is 8. The summed E-state index contributed by atoms with van der Waals surface area (Å²) in [6, 6.07) is 11.6. The summed E-state index contributed by atoms with van der Waals surface area (Å²) >= 11 is 0. The van der Waals surface area contributed by atoms with Gasteiger partial charge >= 0.3 is 5.97 Å². The molecular formula is C23H27N3O7. The van der Waals surface area contributed by atoms with E-state index in [0.717, 1.165) is 0 Å². The Morgan fingerprint density at radius 3 is 2.36 bits per heavy atom. The molecule has 0 saturated carbocycles. The van der Waals surface area contributed by atoms with Gasteiger partial charge in [-0.15, -0.1) is 0 Å². The standard InChI is InChI=1S/C23H27N3O7/c1-5-32-21(27)14-33-19-11-6-16(12-20(19)31-4)13-24-26-23(29)15(2)22(28)25-17-7-9-18(30-3)10-8-17/h6-13,15H,5,14H2,1-4H3,(H,25,28)(H,26,29). The molecule has 2 N–H and O–H groups in total. The molecule has 2 aromatic carbocycles. The maximum absolute atomic E-state index is 12.3. The number of anilines is 1. The number of carbonyl (C=O) groups is 3. The first-order chi connectivity index (χ1) is 15.9. The van der Waals surface area contributed by atoms with Gasteiger partial charge in [-0.2, -0.15) is 5.10 Å². The van der Waals surface area contributed by atoms with E-state index in [2.05, 4.69) is 15.8 Å². The van der Waals surface area contributed by atoms with Gasteiger partial charge in [-0.05, 0) is 61.9 Å². The third kappa shape index (κ3) is 7.84. The van der Waals surface area contributed by atoms with Crippen molar-refractivity contribution in [2.24, 2.45) is 11.0 Å². The summed E-state index contributed by atoms with van der Waals surface area (Å²) in [7, 11) is 3.00. The van der Waals surface area contributed by atoms with Crippen LogP contribution in [-0.2, 0) is 19.1 Å². The molecule has 2 rings (SSSR count). The molecule has 33 heavy (non-hydrogen) atoms. The highest BCUT2D eigenvalue weighted by Gasteiger charge is 2.21. The van der Waals surface area contributed by atoms with E-state index in [-0.39, 0.29) is 13.2 Å². The van der Waals surface area contributed by atoms with Crippen LogP contribution in [0.5, 0.6) is 17.2 Å². The van der Waals surface area contributed by atoms with Crippen molar-refractivity contribution in [3.05, 3.63) is 48.0 Å². The molecule has 10 heteroatoms. The first-order valence-corrected chi connectivity index (χ1v) is 10.1. The van der Waals surface area contributed by atoms with Gasteiger partial charge in [-0.25, -0.2) is 10.2 Å². The molecule has 1 atom stereocenters. The van der Waals surface area contributed by atoms with Gasteiger partial charge in [0.05, 0.1) is 27.0 Å². The zero-order valence-corrected chi connectivity index (χ0v) is 18.9. The number of ether oxygens (including phenoxy) is 4. The van der Waals surface area contributed by atoms with Crippen molar-refractivity contribution >= 4 is 29.7 Å². The minimum absolute atomic E-state index is 0.246. The number of nitrogens with one attached hydrogen (secondary N) is 2. The molecule has 10 nitrogen and oxygen atoms in total. The first-order valence-electron chi connectivity index (χ1n) is 10.1. The molecule has 0 aliphatic carbocycles. The van der Waals surface area contributed by atoms with Crippen molar-refractivity contribution in [3.63, 3.8) is 0 Å². The van der Waals surface area contributed by atoms with E-state index < -0.39 is 23.7 Å². The van der Waals surface area contributed by atoms with Crippen LogP contribution in [0.1, 0.15) is 19.4 Å². The van der Waals surface area contributed by atoms with Crippen LogP contribution in [0, 0.1) is 5.92 Å². The van der Waals surface area contributed by atoms with Gasteiger partial charge in [0.1, 0.15) is 11.7 Å². The zero-order chi connectivity index (χ0) is 24.2. The minimum atomic E-state index is -0.975. The SMILES string of the molecule is CCOC(=O)COc1ccc(C=NNC(=O)C(C)C(=O)Nc2ccc(OC)cc2)cc1OC. The monoisotopic (exact) mass is 457 g/mol. The molecule has 0 fully saturated rings. The lowest BCUT2D eigenvalue weighted by atomic mass is 10.1. The van der Waals surface area contributed by atoms with Crippen LogP contribution >= 0.6 is 0 Å². The van der Waals surface area contributed by atoms with Crippen LogP contribution in [0.25, 0.3) is 0 Å². The van der Waals surface area contributed by atoms with Crippen molar-refractivity contribution in [3.8, 4) is 17.2 Å². The number of hydrogen-bond donors (Lipinski definition) is 2. The molecule has 0 saturated heterocycles. The Morgan fingerprint density at radius 2 is 1.73 bits per heavy atom. The molecule has 1 unspecified atom stereocenters. The average Bonchev–Trinajstić information content (AvgIpc) is 2.83. The lowest BCUT2D eigenvalue weighted by Gasteiger charge is -2.11. The predicted octanol–water partition coefficient (Wildman–Crippen LogP) is 2.37. The molecule has 2 amide bonds. The molecule has 2 aromatic rings. The predicted molar refractivity (Wildman–Crippen MR) is 122 cm³/mol. The number of benzene rings is 2. The van der Waals surface area contributed by atoms with Crippen LogP contribution in [0.2, 0.25) is 0 Å². The summed E-state index contributed by atoms with van der Waals surface area (Å²) in [6.45, 7) is 3.20. The quantitative estimate of drug-likeness (QED) is 0.230. The van der Waals surface area contributed by atoms with E-state index in [1.807, 2.05) is 0 Å². The lowest BCUT2D eigenvalue weighted by molar-refractivity contribution is -0.145. The maximum Gasteiger partial charge on any atom is 0.344 e. The number of methoxy groups -OCH3 is 2. The van der Waals surface area contributed by atoms with Crippen LogP contribution in [-0.4, -0.2) is 51.4 Å². The molecule has 176 valence electrons. The number of nitrogens with zero attached hydrogens (tertiary/aromatic N) is 1. The van der Waals surface area contributed by atoms with Crippen LogP contribution in [0.4, 0.5) is 5.69 Å². The Morgan fingerprint density at radius 1 is 1.00 bits per heavy atom. The second-order valence-corrected chi connectivity index (χ2v) is 6.68. The third-order valence-corrected chi connectivity index (χ3v) is 4.37. The van der Waals surface area contributed by atoms with Gasteiger partial charge in [0.15, 0.2) is 18.1 Å². The topological polar surface area (TPSA) is 125 Å². The average molecular weight is 457 g/mol. The van der Waals surface area contributed by atoms with Gasteiger partial charge in [-0.3, -0.25) is 9.59 Å². The highest BCUT2D eigenvalue weighted by Crippen LogP contribution is 2.27. The van der Waals surface area contributed by atoms with Crippen LogP contribution in [0.15, 0.2) is 47.6 Å². The molecule has 0 aliphatic rings. The van der Waals surface area contributed by atoms with Crippen molar-refractivity contribution in [1.29, 1.82) is 0 Å². The van der Waals surface area contributed by atoms with E-state index in [4.69, 9.17) is 18.9 Å². The lowest BCUT2D eigenvalue weighted by Crippen LogP contribution is -2.34. The fourth-order valence-corrected chi connectivity index (χ4v) is 2.53. The Bertz CT molecular complexity index is 990. The second kappa shape index (κ2) is 12.7. The number of carbonyl (C=O) groups excluding carboxylic acids is 3.